The van der Waals surface area contributed by atoms with Crippen LogP contribution in [-0.2, 0) is 0 Å². The van der Waals surface area contributed by atoms with Crippen LogP contribution in [-0.4, -0.2) is 46.4 Å². The lowest BCUT2D eigenvalue weighted by Gasteiger charge is -2.38. The minimum Gasteiger partial charge on any atom is -0.508 e. The molecule has 0 aliphatic carbocycles. The van der Waals surface area contributed by atoms with Crippen LogP contribution in [0.15, 0.2) is 59.0 Å². The molecule has 0 amide bonds. The fraction of sp³-hybridized carbons (Fsp3) is 0.300. The van der Waals surface area contributed by atoms with E-state index in [0.717, 1.165) is 37.4 Å². The largest absolute Gasteiger partial charge is 0.508 e. The number of aromatic hydroxyl groups is 1. The number of rotatable bonds is 4. The predicted molar refractivity (Wildman–Crippen MR) is 100 cm³/mol. The summed E-state index contributed by atoms with van der Waals surface area (Å²) in [5.41, 5.74) is 2.08. The van der Waals surface area contributed by atoms with Crippen molar-refractivity contribution >= 4 is 5.69 Å². The van der Waals surface area contributed by atoms with E-state index < -0.39 is 0 Å². The van der Waals surface area contributed by atoms with Gasteiger partial charge in [0.2, 0.25) is 11.8 Å². The lowest BCUT2D eigenvalue weighted by molar-refractivity contribution is 0.174. The fourth-order valence-corrected chi connectivity index (χ4v) is 3.29. The van der Waals surface area contributed by atoms with E-state index in [1.165, 1.54) is 0 Å². The smallest absolute Gasteiger partial charge is 0.247 e. The van der Waals surface area contributed by atoms with Crippen molar-refractivity contribution in [1.82, 2.24) is 15.1 Å². The van der Waals surface area contributed by atoms with Crippen LogP contribution in [0, 0.1) is 0 Å². The summed E-state index contributed by atoms with van der Waals surface area (Å²) >= 11 is 0. The standard InChI is InChI=1S/C20H22N4O2/c1-15(19-21-22-20(26-19)16-5-3-2-4-6-16)23-11-13-24(14-12-23)17-7-9-18(25)10-8-17/h2-10,15,25H,11-14H2,1H3/t15-/m0/s1. The third-order valence-corrected chi connectivity index (χ3v) is 4.90. The van der Waals surface area contributed by atoms with Gasteiger partial charge in [0.15, 0.2) is 0 Å². The summed E-state index contributed by atoms with van der Waals surface area (Å²) in [6.45, 7) is 5.80. The zero-order valence-corrected chi connectivity index (χ0v) is 14.7. The van der Waals surface area contributed by atoms with Gasteiger partial charge in [0.25, 0.3) is 0 Å². The van der Waals surface area contributed by atoms with Gasteiger partial charge >= 0.3 is 0 Å². The lowest BCUT2D eigenvalue weighted by atomic mass is 10.2. The Bertz CT molecular complexity index is 840. The summed E-state index contributed by atoms with van der Waals surface area (Å²) in [6, 6.07) is 17.3. The number of anilines is 1. The number of benzene rings is 2. The van der Waals surface area contributed by atoms with Crippen LogP contribution >= 0.6 is 0 Å². The number of phenols is 1. The molecule has 3 aromatic rings. The molecule has 1 aromatic heterocycles. The summed E-state index contributed by atoms with van der Waals surface area (Å²) in [5, 5.41) is 17.9. The number of hydrogen-bond donors (Lipinski definition) is 1. The maximum atomic E-state index is 9.43. The monoisotopic (exact) mass is 350 g/mol. The number of phenolic OH excluding ortho intramolecular Hbond substituents is 1. The highest BCUT2D eigenvalue weighted by Crippen LogP contribution is 2.26. The molecule has 0 saturated carbocycles. The molecule has 6 heteroatoms. The molecule has 6 nitrogen and oxygen atoms in total. The highest BCUT2D eigenvalue weighted by atomic mass is 16.4. The Hall–Kier alpha value is -2.86. The zero-order valence-electron chi connectivity index (χ0n) is 14.7. The van der Waals surface area contributed by atoms with Gasteiger partial charge in [-0.25, -0.2) is 0 Å². The second-order valence-corrected chi connectivity index (χ2v) is 6.53. The first kappa shape index (κ1) is 16.6. The maximum absolute atomic E-state index is 9.43. The number of piperazine rings is 1. The third kappa shape index (κ3) is 3.41. The zero-order chi connectivity index (χ0) is 17.9. The van der Waals surface area contributed by atoms with E-state index in [1.54, 1.807) is 12.1 Å². The van der Waals surface area contributed by atoms with Crippen LogP contribution in [0.5, 0.6) is 5.75 Å². The van der Waals surface area contributed by atoms with E-state index in [2.05, 4.69) is 26.9 Å². The van der Waals surface area contributed by atoms with Gasteiger partial charge < -0.3 is 14.4 Å². The van der Waals surface area contributed by atoms with Gasteiger partial charge in [-0.05, 0) is 43.3 Å². The molecule has 1 atom stereocenters. The average Bonchev–Trinajstić information content (AvgIpc) is 3.19. The highest BCUT2D eigenvalue weighted by molar-refractivity contribution is 5.52. The van der Waals surface area contributed by atoms with Crippen LogP contribution < -0.4 is 4.90 Å². The van der Waals surface area contributed by atoms with Crippen LogP contribution in [0.25, 0.3) is 11.5 Å². The van der Waals surface area contributed by atoms with Crippen molar-refractivity contribution in [2.45, 2.75) is 13.0 Å². The van der Waals surface area contributed by atoms with Gasteiger partial charge in [-0.2, -0.15) is 0 Å². The lowest BCUT2D eigenvalue weighted by Crippen LogP contribution is -2.47. The van der Waals surface area contributed by atoms with E-state index in [9.17, 15) is 5.11 Å². The molecule has 1 fully saturated rings. The van der Waals surface area contributed by atoms with Crippen molar-refractivity contribution in [1.29, 1.82) is 0 Å². The molecule has 26 heavy (non-hydrogen) atoms. The minimum atomic E-state index is 0.0851. The topological polar surface area (TPSA) is 65.6 Å². The molecule has 0 radical (unpaired) electrons. The molecular weight excluding hydrogens is 328 g/mol. The van der Waals surface area contributed by atoms with Crippen molar-refractivity contribution in [2.24, 2.45) is 0 Å². The van der Waals surface area contributed by atoms with E-state index in [0.29, 0.717) is 17.5 Å². The van der Waals surface area contributed by atoms with Crippen LogP contribution in [0.1, 0.15) is 18.9 Å². The Morgan fingerprint density at radius 1 is 0.923 bits per heavy atom. The Kier molecular flexibility index (Phi) is 4.58. The predicted octanol–water partition coefficient (Wildman–Crippen LogP) is 3.33. The van der Waals surface area contributed by atoms with Crippen LogP contribution in [0.2, 0.25) is 0 Å². The van der Waals surface area contributed by atoms with Gasteiger partial charge in [-0.3, -0.25) is 4.90 Å². The second-order valence-electron chi connectivity index (χ2n) is 6.53. The summed E-state index contributed by atoms with van der Waals surface area (Å²) in [5.74, 6) is 1.52. The van der Waals surface area contributed by atoms with Gasteiger partial charge in [0.05, 0.1) is 6.04 Å². The van der Waals surface area contributed by atoms with E-state index in [4.69, 9.17) is 4.42 Å². The second kappa shape index (κ2) is 7.17. The van der Waals surface area contributed by atoms with Crippen molar-refractivity contribution < 1.29 is 9.52 Å². The van der Waals surface area contributed by atoms with Crippen LogP contribution in [0.4, 0.5) is 5.69 Å². The van der Waals surface area contributed by atoms with Gasteiger partial charge in [-0.1, -0.05) is 18.2 Å². The van der Waals surface area contributed by atoms with E-state index >= 15 is 0 Å². The Balaban J connectivity index is 1.40. The molecule has 1 aliphatic rings. The molecule has 134 valence electrons. The fourth-order valence-electron chi connectivity index (χ4n) is 3.29. The molecule has 0 spiro atoms. The van der Waals surface area contributed by atoms with E-state index in [1.807, 2.05) is 42.5 Å². The first-order chi connectivity index (χ1) is 12.7. The molecule has 0 bridgehead atoms. The van der Waals surface area contributed by atoms with Gasteiger partial charge in [0.1, 0.15) is 5.75 Å². The Morgan fingerprint density at radius 2 is 1.62 bits per heavy atom. The Morgan fingerprint density at radius 3 is 2.31 bits per heavy atom. The number of nitrogens with zero attached hydrogens (tertiary/aromatic N) is 4. The SMILES string of the molecule is C[C@@H](c1nnc(-c2ccccc2)o1)N1CCN(c2ccc(O)cc2)CC1. The van der Waals surface area contributed by atoms with Crippen LogP contribution in [0.3, 0.4) is 0 Å². The molecule has 0 unspecified atom stereocenters. The minimum absolute atomic E-state index is 0.0851. The summed E-state index contributed by atoms with van der Waals surface area (Å²) < 4.78 is 5.90. The first-order valence-corrected chi connectivity index (χ1v) is 8.87. The number of aromatic nitrogens is 2. The van der Waals surface area contributed by atoms with Crippen molar-refractivity contribution in [3.05, 3.63) is 60.5 Å². The summed E-state index contributed by atoms with van der Waals surface area (Å²) in [7, 11) is 0. The normalized spacial score (nSPS) is 16.6. The maximum Gasteiger partial charge on any atom is 0.247 e. The quantitative estimate of drug-likeness (QED) is 0.779. The molecule has 1 saturated heterocycles. The Labute approximate surface area is 152 Å². The first-order valence-electron chi connectivity index (χ1n) is 8.87. The van der Waals surface area contributed by atoms with E-state index in [-0.39, 0.29) is 6.04 Å². The van der Waals surface area contributed by atoms with Crippen molar-refractivity contribution in [3.8, 4) is 17.2 Å². The average molecular weight is 350 g/mol. The van der Waals surface area contributed by atoms with Gasteiger partial charge in [-0.15, -0.1) is 10.2 Å². The summed E-state index contributed by atoms with van der Waals surface area (Å²) in [6.07, 6.45) is 0. The summed E-state index contributed by atoms with van der Waals surface area (Å²) in [4.78, 5) is 4.69. The third-order valence-electron chi connectivity index (χ3n) is 4.90. The van der Waals surface area contributed by atoms with Gasteiger partial charge in [0, 0.05) is 37.4 Å². The molecule has 4 rings (SSSR count). The van der Waals surface area contributed by atoms with Crippen molar-refractivity contribution in [3.63, 3.8) is 0 Å². The molecular formula is C20H22N4O2. The molecule has 2 heterocycles. The molecule has 1 N–H and O–H groups in total. The highest BCUT2D eigenvalue weighted by Gasteiger charge is 2.26. The number of hydrogen-bond acceptors (Lipinski definition) is 6. The molecule has 1 aliphatic heterocycles. The van der Waals surface area contributed by atoms with Crippen molar-refractivity contribution in [2.75, 3.05) is 31.1 Å². The molecule has 2 aromatic carbocycles.